The van der Waals surface area contributed by atoms with Crippen LogP contribution in [0.1, 0.15) is 19.3 Å². The number of ether oxygens (including phenoxy) is 1. The molecule has 0 aliphatic carbocycles. The number of anilines is 1. The third-order valence-corrected chi connectivity index (χ3v) is 8.81. The number of thiazole rings is 1. The molecular weight excluding hydrogens is 507 g/mol. The van der Waals surface area contributed by atoms with Crippen molar-refractivity contribution in [2.75, 3.05) is 38.2 Å². The first kappa shape index (κ1) is 25.0. The molecular formula is C21H24ClFN4O5S2. The van der Waals surface area contributed by atoms with Gasteiger partial charge in [-0.05, 0) is 43.4 Å². The third-order valence-electron chi connectivity index (χ3n) is 5.94. The Hall–Kier alpha value is -2.12. The van der Waals surface area contributed by atoms with Crippen molar-refractivity contribution in [3.8, 4) is 0 Å². The number of amides is 2. The van der Waals surface area contributed by atoms with Gasteiger partial charge >= 0.3 is 0 Å². The van der Waals surface area contributed by atoms with Crippen LogP contribution in [0.15, 0.2) is 35.4 Å². The topological polar surface area (TPSA) is 109 Å². The molecule has 2 aromatic rings. The summed E-state index contributed by atoms with van der Waals surface area (Å²) in [7, 11) is -4.05. The molecule has 34 heavy (non-hydrogen) atoms. The van der Waals surface area contributed by atoms with Crippen LogP contribution in [0.2, 0.25) is 4.34 Å². The van der Waals surface area contributed by atoms with Crippen LogP contribution in [0.3, 0.4) is 0 Å². The molecule has 2 aliphatic heterocycles. The lowest BCUT2D eigenvalue weighted by atomic mass is 9.91. The standard InChI is InChI=1S/C21H24ClFN4O5S2/c22-18-12-24-21(33-18)25-20(29)17(10-14-4-8-32-9-5-14)27-7-6-26(13-19(27)28)34(30,31)16-3-1-2-15(23)11-16/h1-3,11-12,14,17H,4-10,13H2,(H,24,25,29). The number of hydrogen-bond donors (Lipinski definition) is 1. The molecule has 2 fully saturated rings. The second kappa shape index (κ2) is 10.6. The fraction of sp³-hybridized carbons (Fsp3) is 0.476. The van der Waals surface area contributed by atoms with Crippen LogP contribution >= 0.6 is 22.9 Å². The highest BCUT2D eigenvalue weighted by molar-refractivity contribution is 7.89. The molecule has 3 heterocycles. The number of aromatic nitrogens is 1. The number of carbonyl (C=O) groups excluding carboxylic acids is 2. The summed E-state index contributed by atoms with van der Waals surface area (Å²) in [4.78, 5) is 31.6. The van der Waals surface area contributed by atoms with Gasteiger partial charge in [-0.2, -0.15) is 4.31 Å². The van der Waals surface area contributed by atoms with E-state index in [2.05, 4.69) is 10.3 Å². The number of benzene rings is 1. The number of hydrogen-bond acceptors (Lipinski definition) is 7. The maximum atomic E-state index is 13.6. The smallest absolute Gasteiger partial charge is 0.248 e. The zero-order chi connectivity index (χ0) is 24.3. The van der Waals surface area contributed by atoms with Crippen molar-refractivity contribution in [1.82, 2.24) is 14.2 Å². The van der Waals surface area contributed by atoms with Crippen molar-refractivity contribution in [1.29, 1.82) is 0 Å². The van der Waals surface area contributed by atoms with Crippen LogP contribution in [-0.4, -0.2) is 73.3 Å². The van der Waals surface area contributed by atoms with Crippen LogP contribution in [0, 0.1) is 11.7 Å². The van der Waals surface area contributed by atoms with E-state index in [4.69, 9.17) is 16.3 Å². The van der Waals surface area contributed by atoms with Crippen LogP contribution in [0.4, 0.5) is 9.52 Å². The molecule has 1 unspecified atom stereocenters. The van der Waals surface area contributed by atoms with Gasteiger partial charge in [0.05, 0.1) is 17.6 Å². The minimum Gasteiger partial charge on any atom is -0.381 e. The van der Waals surface area contributed by atoms with E-state index in [0.29, 0.717) is 29.1 Å². The minimum atomic E-state index is -4.05. The summed E-state index contributed by atoms with van der Waals surface area (Å²) >= 11 is 7.02. The molecule has 0 spiro atoms. The molecule has 0 radical (unpaired) electrons. The predicted octanol–water partition coefficient (Wildman–Crippen LogP) is 2.59. The van der Waals surface area contributed by atoms with Gasteiger partial charge in [0.2, 0.25) is 21.8 Å². The third kappa shape index (κ3) is 5.74. The van der Waals surface area contributed by atoms with E-state index in [-0.39, 0.29) is 23.9 Å². The summed E-state index contributed by atoms with van der Waals surface area (Å²) in [6, 6.07) is 3.87. The van der Waals surface area contributed by atoms with Crippen molar-refractivity contribution in [2.45, 2.75) is 30.2 Å². The summed E-state index contributed by atoms with van der Waals surface area (Å²) in [5.41, 5.74) is 0. The number of rotatable bonds is 7. The first-order chi connectivity index (χ1) is 16.2. The quantitative estimate of drug-likeness (QED) is 0.589. The van der Waals surface area contributed by atoms with Gasteiger partial charge < -0.3 is 15.0 Å². The minimum absolute atomic E-state index is 0.00871. The summed E-state index contributed by atoms with van der Waals surface area (Å²) in [5.74, 6) is -1.38. The van der Waals surface area contributed by atoms with Crippen LogP contribution in [0.25, 0.3) is 0 Å². The fourth-order valence-electron chi connectivity index (χ4n) is 4.15. The van der Waals surface area contributed by atoms with Gasteiger partial charge in [-0.25, -0.2) is 17.8 Å². The second-order valence-corrected chi connectivity index (χ2v) is 11.7. The number of halogens is 2. The van der Waals surface area contributed by atoms with E-state index in [1.54, 1.807) is 0 Å². The molecule has 1 atom stereocenters. The van der Waals surface area contributed by atoms with E-state index >= 15 is 0 Å². The van der Waals surface area contributed by atoms with Crippen molar-refractivity contribution < 1.29 is 27.1 Å². The van der Waals surface area contributed by atoms with E-state index in [0.717, 1.165) is 40.6 Å². The maximum absolute atomic E-state index is 13.6. The molecule has 1 aromatic carbocycles. The monoisotopic (exact) mass is 530 g/mol. The molecule has 2 aliphatic rings. The number of piperazine rings is 1. The highest BCUT2D eigenvalue weighted by atomic mass is 35.5. The zero-order valence-electron chi connectivity index (χ0n) is 18.2. The largest absolute Gasteiger partial charge is 0.381 e. The Kier molecular flexibility index (Phi) is 7.83. The van der Waals surface area contributed by atoms with Gasteiger partial charge in [0.15, 0.2) is 5.13 Å². The summed E-state index contributed by atoms with van der Waals surface area (Å²) in [6.07, 6.45) is 3.40. The Balaban J connectivity index is 1.51. The van der Waals surface area contributed by atoms with Gasteiger partial charge in [0.25, 0.3) is 0 Å². The fourth-order valence-corrected chi connectivity index (χ4v) is 6.38. The lowest BCUT2D eigenvalue weighted by Crippen LogP contribution is -2.58. The van der Waals surface area contributed by atoms with Gasteiger partial charge in [0.1, 0.15) is 16.2 Å². The highest BCUT2D eigenvalue weighted by Crippen LogP contribution is 2.28. The van der Waals surface area contributed by atoms with Crippen molar-refractivity contribution in [3.05, 3.63) is 40.6 Å². The molecule has 4 rings (SSSR count). The molecule has 0 bridgehead atoms. The first-order valence-corrected chi connectivity index (χ1v) is 13.4. The molecule has 1 N–H and O–H groups in total. The van der Waals surface area contributed by atoms with Crippen LogP contribution in [0.5, 0.6) is 0 Å². The van der Waals surface area contributed by atoms with Crippen molar-refractivity contribution in [3.63, 3.8) is 0 Å². The number of nitrogens with zero attached hydrogens (tertiary/aromatic N) is 3. The van der Waals surface area contributed by atoms with Crippen molar-refractivity contribution >= 4 is 49.9 Å². The van der Waals surface area contributed by atoms with E-state index < -0.39 is 40.2 Å². The average molecular weight is 531 g/mol. The van der Waals surface area contributed by atoms with E-state index in [1.807, 2.05) is 0 Å². The molecule has 1 aromatic heterocycles. The average Bonchev–Trinajstić information content (AvgIpc) is 3.22. The summed E-state index contributed by atoms with van der Waals surface area (Å²) in [5, 5.41) is 3.05. The van der Waals surface area contributed by atoms with Crippen LogP contribution < -0.4 is 5.32 Å². The second-order valence-electron chi connectivity index (χ2n) is 8.15. The molecule has 2 amide bonds. The SMILES string of the molecule is O=C(Nc1ncc(Cl)s1)C(CC1CCOCC1)N1CCN(S(=O)(=O)c2cccc(F)c2)CC1=O. The molecule has 2 saturated heterocycles. The Morgan fingerprint density at radius 1 is 1.32 bits per heavy atom. The van der Waals surface area contributed by atoms with E-state index in [1.165, 1.54) is 23.2 Å². The van der Waals surface area contributed by atoms with Gasteiger partial charge in [-0.1, -0.05) is 29.0 Å². The summed E-state index contributed by atoms with van der Waals surface area (Å²) in [6.45, 7) is 0.779. The van der Waals surface area contributed by atoms with Gasteiger partial charge in [0, 0.05) is 26.3 Å². The predicted molar refractivity (Wildman–Crippen MR) is 125 cm³/mol. The highest BCUT2D eigenvalue weighted by Gasteiger charge is 2.39. The van der Waals surface area contributed by atoms with Crippen molar-refractivity contribution in [2.24, 2.45) is 5.92 Å². The molecule has 9 nitrogen and oxygen atoms in total. The molecule has 0 saturated carbocycles. The Morgan fingerprint density at radius 2 is 2.09 bits per heavy atom. The molecule has 13 heteroatoms. The van der Waals surface area contributed by atoms with Gasteiger partial charge in [-0.3, -0.25) is 9.59 Å². The van der Waals surface area contributed by atoms with Gasteiger partial charge in [-0.15, -0.1) is 0 Å². The summed E-state index contributed by atoms with van der Waals surface area (Å²) < 4.78 is 46.3. The number of nitrogens with one attached hydrogen (secondary N) is 1. The number of sulfonamides is 1. The zero-order valence-corrected chi connectivity index (χ0v) is 20.5. The lowest BCUT2D eigenvalue weighted by Gasteiger charge is -2.39. The Bertz CT molecular complexity index is 1160. The Labute approximate surface area is 205 Å². The lowest BCUT2D eigenvalue weighted by molar-refractivity contribution is -0.142. The number of carbonyl (C=O) groups is 2. The molecule has 184 valence electrons. The normalized spacial score (nSPS) is 19.2. The van der Waals surface area contributed by atoms with Crippen LogP contribution in [-0.2, 0) is 24.3 Å². The van der Waals surface area contributed by atoms with E-state index in [9.17, 15) is 22.4 Å². The maximum Gasteiger partial charge on any atom is 0.248 e. The Morgan fingerprint density at radius 3 is 2.74 bits per heavy atom. The first-order valence-electron chi connectivity index (χ1n) is 10.8.